The van der Waals surface area contributed by atoms with Gasteiger partial charge in [0.1, 0.15) is 0 Å². The predicted octanol–water partition coefficient (Wildman–Crippen LogP) is 1.98. The third-order valence-electron chi connectivity index (χ3n) is 2.54. The number of hydrogen-bond acceptors (Lipinski definition) is 4. The Kier molecular flexibility index (Phi) is 3.07. The fraction of sp³-hybridized carbons (Fsp3) is 0.455. The van der Waals surface area contributed by atoms with Gasteiger partial charge in [-0.25, -0.2) is 0 Å². The molecule has 0 spiro atoms. The molecule has 1 aliphatic rings. The van der Waals surface area contributed by atoms with Gasteiger partial charge in [-0.15, -0.1) is 0 Å². The van der Waals surface area contributed by atoms with Crippen LogP contribution in [-0.4, -0.2) is 25.1 Å². The molecule has 0 saturated carbocycles. The van der Waals surface area contributed by atoms with Crippen molar-refractivity contribution in [3.8, 4) is 11.5 Å². The minimum absolute atomic E-state index is 0.390. The molecule has 82 valence electrons. The molecule has 0 bridgehead atoms. The topological polar surface area (TPSA) is 38.7 Å². The summed E-state index contributed by atoms with van der Waals surface area (Å²) in [5, 5.41) is 9.83. The molecule has 0 aromatic heterocycles. The highest BCUT2D eigenvalue weighted by Crippen LogP contribution is 2.38. The first-order chi connectivity index (χ1) is 7.26. The van der Waals surface area contributed by atoms with Gasteiger partial charge >= 0.3 is 0 Å². The van der Waals surface area contributed by atoms with Crippen LogP contribution in [0.1, 0.15) is 17.2 Å². The highest BCUT2D eigenvalue weighted by molar-refractivity contribution is 7.98. The highest BCUT2D eigenvalue weighted by atomic mass is 32.2. The molecule has 1 aromatic rings. The van der Waals surface area contributed by atoms with Crippen LogP contribution < -0.4 is 9.47 Å². The minimum atomic E-state index is -0.390. The summed E-state index contributed by atoms with van der Waals surface area (Å²) >= 11 is 1.73. The second kappa shape index (κ2) is 4.33. The Labute approximate surface area is 93.4 Å². The fourth-order valence-corrected chi connectivity index (χ4v) is 2.73. The molecule has 2 rings (SSSR count). The summed E-state index contributed by atoms with van der Waals surface area (Å²) in [5.74, 6) is 3.09. The van der Waals surface area contributed by atoms with Gasteiger partial charge in [0.25, 0.3) is 0 Å². The third kappa shape index (κ3) is 1.92. The van der Waals surface area contributed by atoms with Crippen molar-refractivity contribution in [2.75, 3.05) is 20.0 Å². The lowest BCUT2D eigenvalue weighted by Gasteiger charge is -2.22. The SMILES string of the molecule is COc1cc2c(cc1OC)C(O)CSC2. The number of aliphatic hydroxyl groups is 1. The van der Waals surface area contributed by atoms with Gasteiger partial charge in [-0.3, -0.25) is 0 Å². The molecule has 1 aliphatic heterocycles. The van der Waals surface area contributed by atoms with E-state index in [1.54, 1.807) is 26.0 Å². The van der Waals surface area contributed by atoms with E-state index < -0.39 is 6.10 Å². The standard InChI is InChI=1S/C11H14O3S/c1-13-10-3-7-5-15-6-9(12)8(7)4-11(10)14-2/h3-4,9,12H,5-6H2,1-2H3. The van der Waals surface area contributed by atoms with E-state index in [9.17, 15) is 5.11 Å². The van der Waals surface area contributed by atoms with E-state index in [-0.39, 0.29) is 0 Å². The van der Waals surface area contributed by atoms with Crippen LogP contribution in [0.2, 0.25) is 0 Å². The van der Waals surface area contributed by atoms with E-state index in [1.165, 1.54) is 0 Å². The summed E-state index contributed by atoms with van der Waals surface area (Å²) in [6.07, 6.45) is -0.390. The first-order valence-corrected chi connectivity index (χ1v) is 5.92. The van der Waals surface area contributed by atoms with E-state index >= 15 is 0 Å². The van der Waals surface area contributed by atoms with Gasteiger partial charge < -0.3 is 14.6 Å². The number of ether oxygens (including phenoxy) is 2. The molecular formula is C11H14O3S. The predicted molar refractivity (Wildman–Crippen MR) is 60.7 cm³/mol. The average molecular weight is 226 g/mol. The minimum Gasteiger partial charge on any atom is -0.493 e. The summed E-state index contributed by atoms with van der Waals surface area (Å²) in [6.45, 7) is 0. The Balaban J connectivity index is 2.48. The van der Waals surface area contributed by atoms with Crippen LogP contribution in [0.4, 0.5) is 0 Å². The first-order valence-electron chi connectivity index (χ1n) is 4.77. The summed E-state index contributed by atoms with van der Waals surface area (Å²) in [5.41, 5.74) is 2.10. The second-order valence-electron chi connectivity index (χ2n) is 3.44. The Bertz CT molecular complexity index is 365. The Morgan fingerprint density at radius 2 is 1.93 bits per heavy atom. The van der Waals surface area contributed by atoms with Crippen LogP contribution >= 0.6 is 11.8 Å². The second-order valence-corrected chi connectivity index (χ2v) is 4.47. The number of aliphatic hydroxyl groups excluding tert-OH is 1. The number of rotatable bonds is 2. The van der Waals surface area contributed by atoms with Crippen LogP contribution in [-0.2, 0) is 5.75 Å². The molecule has 0 fully saturated rings. The van der Waals surface area contributed by atoms with E-state index in [0.29, 0.717) is 5.75 Å². The van der Waals surface area contributed by atoms with Crippen molar-refractivity contribution >= 4 is 11.8 Å². The molecule has 0 aliphatic carbocycles. The van der Waals surface area contributed by atoms with Gasteiger partial charge in [0.2, 0.25) is 0 Å². The smallest absolute Gasteiger partial charge is 0.161 e. The summed E-state index contributed by atoms with van der Waals surface area (Å²) in [6, 6.07) is 3.82. The molecule has 0 radical (unpaired) electrons. The van der Waals surface area contributed by atoms with Gasteiger partial charge in [-0.05, 0) is 23.3 Å². The van der Waals surface area contributed by atoms with E-state index in [4.69, 9.17) is 9.47 Å². The molecule has 1 heterocycles. The number of methoxy groups -OCH3 is 2. The van der Waals surface area contributed by atoms with E-state index in [2.05, 4.69) is 0 Å². The van der Waals surface area contributed by atoms with Crippen molar-refractivity contribution in [2.45, 2.75) is 11.9 Å². The van der Waals surface area contributed by atoms with Crippen LogP contribution in [0.25, 0.3) is 0 Å². The van der Waals surface area contributed by atoms with Crippen LogP contribution in [0.15, 0.2) is 12.1 Å². The quantitative estimate of drug-likeness (QED) is 0.837. The van der Waals surface area contributed by atoms with Crippen molar-refractivity contribution in [1.29, 1.82) is 0 Å². The van der Waals surface area contributed by atoms with Gasteiger partial charge in [0.15, 0.2) is 11.5 Å². The van der Waals surface area contributed by atoms with Gasteiger partial charge in [-0.1, -0.05) is 0 Å². The molecule has 0 amide bonds. The van der Waals surface area contributed by atoms with Crippen molar-refractivity contribution in [2.24, 2.45) is 0 Å². The normalized spacial score (nSPS) is 19.5. The van der Waals surface area contributed by atoms with Gasteiger partial charge in [-0.2, -0.15) is 11.8 Å². The monoisotopic (exact) mass is 226 g/mol. The van der Waals surface area contributed by atoms with Crippen molar-refractivity contribution in [3.63, 3.8) is 0 Å². The van der Waals surface area contributed by atoms with Crippen molar-refractivity contribution in [3.05, 3.63) is 23.3 Å². The lowest BCUT2D eigenvalue weighted by molar-refractivity contribution is 0.201. The Morgan fingerprint density at radius 3 is 2.60 bits per heavy atom. The molecule has 1 atom stereocenters. The lowest BCUT2D eigenvalue weighted by Crippen LogP contribution is -2.10. The maximum absolute atomic E-state index is 9.83. The summed E-state index contributed by atoms with van der Waals surface area (Å²) in [4.78, 5) is 0. The molecule has 0 saturated heterocycles. The summed E-state index contributed by atoms with van der Waals surface area (Å²) in [7, 11) is 3.23. The number of thioether (sulfide) groups is 1. The molecular weight excluding hydrogens is 212 g/mol. The average Bonchev–Trinajstić information content (AvgIpc) is 2.28. The Hall–Kier alpha value is -0.870. The van der Waals surface area contributed by atoms with Gasteiger partial charge in [0.05, 0.1) is 20.3 Å². The zero-order valence-electron chi connectivity index (χ0n) is 8.82. The number of benzene rings is 1. The zero-order valence-corrected chi connectivity index (χ0v) is 9.63. The molecule has 1 aromatic carbocycles. The molecule has 3 nitrogen and oxygen atoms in total. The van der Waals surface area contributed by atoms with Crippen LogP contribution in [0.3, 0.4) is 0 Å². The lowest BCUT2D eigenvalue weighted by atomic mass is 10.0. The Morgan fingerprint density at radius 1 is 1.27 bits per heavy atom. The number of hydrogen-bond donors (Lipinski definition) is 1. The van der Waals surface area contributed by atoms with Gasteiger partial charge in [0, 0.05) is 11.5 Å². The van der Waals surface area contributed by atoms with Crippen molar-refractivity contribution in [1.82, 2.24) is 0 Å². The van der Waals surface area contributed by atoms with E-state index in [0.717, 1.165) is 28.4 Å². The molecule has 4 heteroatoms. The van der Waals surface area contributed by atoms with Crippen LogP contribution in [0.5, 0.6) is 11.5 Å². The summed E-state index contributed by atoms with van der Waals surface area (Å²) < 4.78 is 10.4. The maximum Gasteiger partial charge on any atom is 0.161 e. The molecule has 15 heavy (non-hydrogen) atoms. The van der Waals surface area contributed by atoms with Crippen molar-refractivity contribution < 1.29 is 14.6 Å². The molecule has 1 N–H and O–H groups in total. The number of fused-ring (bicyclic) bond motifs is 1. The third-order valence-corrected chi connectivity index (χ3v) is 3.60. The largest absolute Gasteiger partial charge is 0.493 e. The first kappa shape index (κ1) is 10.6. The zero-order chi connectivity index (χ0) is 10.8. The fourth-order valence-electron chi connectivity index (χ4n) is 1.74. The molecule has 1 unspecified atom stereocenters. The van der Waals surface area contributed by atoms with E-state index in [1.807, 2.05) is 12.1 Å². The van der Waals surface area contributed by atoms with Crippen LogP contribution in [0, 0.1) is 0 Å². The highest BCUT2D eigenvalue weighted by Gasteiger charge is 2.21. The maximum atomic E-state index is 9.83.